The van der Waals surface area contributed by atoms with Gasteiger partial charge in [-0.25, -0.2) is 9.37 Å². The Hall–Kier alpha value is -2.46. The second-order valence-electron chi connectivity index (χ2n) is 7.13. The van der Waals surface area contributed by atoms with Crippen LogP contribution in [0.1, 0.15) is 18.9 Å². The summed E-state index contributed by atoms with van der Waals surface area (Å²) < 4.78 is 14.7. The minimum Gasteiger partial charge on any atom is -0.388 e. The van der Waals surface area contributed by atoms with Crippen molar-refractivity contribution in [3.63, 3.8) is 0 Å². The summed E-state index contributed by atoms with van der Waals surface area (Å²) >= 11 is 0. The van der Waals surface area contributed by atoms with Crippen molar-refractivity contribution in [2.75, 3.05) is 18.0 Å². The molecule has 0 aliphatic carbocycles. The number of aromatic nitrogens is 1. The Bertz CT molecular complexity index is 935. The average Bonchev–Trinajstić information content (AvgIpc) is 2.98. The van der Waals surface area contributed by atoms with Gasteiger partial charge in [-0.1, -0.05) is 24.3 Å². The third-order valence-electron chi connectivity index (χ3n) is 5.01. The van der Waals surface area contributed by atoms with Gasteiger partial charge in [0.05, 0.1) is 16.8 Å². The molecule has 1 aliphatic heterocycles. The highest BCUT2D eigenvalue weighted by molar-refractivity contribution is 5.84. The molecular formula is C21H21FN2O. The number of benzene rings is 2. The van der Waals surface area contributed by atoms with Gasteiger partial charge in [-0.3, -0.25) is 0 Å². The zero-order valence-corrected chi connectivity index (χ0v) is 14.5. The number of halogens is 1. The molecule has 0 spiro atoms. The van der Waals surface area contributed by atoms with Gasteiger partial charge in [0.1, 0.15) is 5.82 Å². The van der Waals surface area contributed by atoms with Crippen LogP contribution in [-0.2, 0) is 0 Å². The molecule has 0 amide bonds. The summed E-state index contributed by atoms with van der Waals surface area (Å²) in [5.41, 5.74) is 3.25. The van der Waals surface area contributed by atoms with E-state index in [9.17, 15) is 9.50 Å². The van der Waals surface area contributed by atoms with Crippen molar-refractivity contribution in [3.05, 3.63) is 59.9 Å². The molecule has 0 saturated carbocycles. The van der Waals surface area contributed by atoms with Crippen molar-refractivity contribution in [3.8, 4) is 11.3 Å². The summed E-state index contributed by atoms with van der Waals surface area (Å²) in [6.45, 7) is 5.12. The summed E-state index contributed by atoms with van der Waals surface area (Å²) in [4.78, 5) is 6.83. The van der Waals surface area contributed by atoms with Gasteiger partial charge in [-0.2, -0.15) is 0 Å². The van der Waals surface area contributed by atoms with E-state index in [0.717, 1.165) is 24.2 Å². The predicted molar refractivity (Wildman–Crippen MR) is 99.3 cm³/mol. The lowest BCUT2D eigenvalue weighted by Crippen LogP contribution is -2.29. The number of β-amino-alcohol motifs (C(OH)–C–C–N with tert-alkyl or cyclic N) is 1. The Kier molecular flexibility index (Phi) is 3.73. The molecule has 2 heterocycles. The third-order valence-corrected chi connectivity index (χ3v) is 5.01. The standard InChI is InChI=1S/C21H21FN2O/c1-14-19(22)17-5-3-4-6-18(17)23-20(14)15-7-9-16(10-8-15)24-12-11-21(2,25)13-24/h3-10,25H,11-13H2,1-2H3. The zero-order chi connectivity index (χ0) is 17.6. The highest BCUT2D eigenvalue weighted by atomic mass is 19.1. The fourth-order valence-corrected chi connectivity index (χ4v) is 3.54. The number of pyridine rings is 1. The van der Waals surface area contributed by atoms with E-state index in [1.807, 2.05) is 49.4 Å². The first kappa shape index (κ1) is 16.0. The second kappa shape index (κ2) is 5.81. The molecule has 4 heteroatoms. The second-order valence-corrected chi connectivity index (χ2v) is 7.13. The van der Waals surface area contributed by atoms with Gasteiger partial charge in [0.15, 0.2) is 0 Å². The molecule has 1 atom stereocenters. The number of anilines is 1. The molecular weight excluding hydrogens is 315 g/mol. The van der Waals surface area contributed by atoms with Crippen molar-refractivity contribution >= 4 is 16.6 Å². The lowest BCUT2D eigenvalue weighted by atomic mass is 10.0. The third kappa shape index (κ3) is 2.87. The first-order valence-electron chi connectivity index (χ1n) is 8.57. The molecule has 3 nitrogen and oxygen atoms in total. The molecule has 128 valence electrons. The molecule has 0 bridgehead atoms. The molecule has 0 radical (unpaired) electrons. The van der Waals surface area contributed by atoms with Crippen LogP contribution in [0.5, 0.6) is 0 Å². The van der Waals surface area contributed by atoms with Gasteiger partial charge in [0.25, 0.3) is 0 Å². The quantitative estimate of drug-likeness (QED) is 0.757. The highest BCUT2D eigenvalue weighted by Crippen LogP contribution is 2.31. The molecule has 1 aliphatic rings. The maximum atomic E-state index is 14.7. The van der Waals surface area contributed by atoms with E-state index in [4.69, 9.17) is 0 Å². The summed E-state index contributed by atoms with van der Waals surface area (Å²) in [5, 5.41) is 10.7. The largest absolute Gasteiger partial charge is 0.388 e. The molecule has 1 aromatic heterocycles. The van der Waals surface area contributed by atoms with Crippen molar-refractivity contribution in [2.24, 2.45) is 0 Å². The molecule has 1 N–H and O–H groups in total. The Morgan fingerprint density at radius 1 is 1.12 bits per heavy atom. The monoisotopic (exact) mass is 336 g/mol. The summed E-state index contributed by atoms with van der Waals surface area (Å²) in [7, 11) is 0. The topological polar surface area (TPSA) is 36.4 Å². The van der Waals surface area contributed by atoms with Crippen LogP contribution in [0.3, 0.4) is 0 Å². The van der Waals surface area contributed by atoms with Gasteiger partial charge in [0, 0.05) is 35.3 Å². The molecule has 25 heavy (non-hydrogen) atoms. The number of nitrogens with zero attached hydrogens (tertiary/aromatic N) is 2. The normalized spacial score (nSPS) is 20.4. The van der Waals surface area contributed by atoms with Crippen LogP contribution >= 0.6 is 0 Å². The molecule has 1 unspecified atom stereocenters. The van der Waals surface area contributed by atoms with Gasteiger partial charge < -0.3 is 10.0 Å². The zero-order valence-electron chi connectivity index (χ0n) is 14.5. The fraction of sp³-hybridized carbons (Fsp3) is 0.286. The van der Waals surface area contributed by atoms with Crippen LogP contribution in [0.2, 0.25) is 0 Å². The average molecular weight is 336 g/mol. The van der Waals surface area contributed by atoms with Crippen LogP contribution in [0.25, 0.3) is 22.2 Å². The number of fused-ring (bicyclic) bond motifs is 1. The van der Waals surface area contributed by atoms with E-state index in [2.05, 4.69) is 9.88 Å². The van der Waals surface area contributed by atoms with Crippen LogP contribution in [0.4, 0.5) is 10.1 Å². The lowest BCUT2D eigenvalue weighted by Gasteiger charge is -2.21. The van der Waals surface area contributed by atoms with Crippen molar-refractivity contribution < 1.29 is 9.50 Å². The van der Waals surface area contributed by atoms with Gasteiger partial charge >= 0.3 is 0 Å². The van der Waals surface area contributed by atoms with E-state index in [0.29, 0.717) is 28.7 Å². The smallest absolute Gasteiger partial charge is 0.137 e. The number of hydrogen-bond donors (Lipinski definition) is 1. The first-order valence-corrected chi connectivity index (χ1v) is 8.57. The van der Waals surface area contributed by atoms with E-state index in [1.54, 1.807) is 13.0 Å². The first-order chi connectivity index (χ1) is 11.9. The molecule has 1 saturated heterocycles. The summed E-state index contributed by atoms with van der Waals surface area (Å²) in [5.74, 6) is -0.208. The van der Waals surface area contributed by atoms with Crippen molar-refractivity contribution in [2.45, 2.75) is 25.9 Å². The predicted octanol–water partition coefficient (Wildman–Crippen LogP) is 4.31. The van der Waals surface area contributed by atoms with E-state index < -0.39 is 5.60 Å². The Balaban J connectivity index is 1.71. The van der Waals surface area contributed by atoms with Crippen molar-refractivity contribution in [1.29, 1.82) is 0 Å². The Morgan fingerprint density at radius 2 is 1.84 bits per heavy atom. The van der Waals surface area contributed by atoms with Crippen LogP contribution in [0.15, 0.2) is 48.5 Å². The highest BCUT2D eigenvalue weighted by Gasteiger charge is 2.31. The van der Waals surface area contributed by atoms with Crippen LogP contribution in [-0.4, -0.2) is 28.8 Å². The Labute approximate surface area is 146 Å². The van der Waals surface area contributed by atoms with Crippen LogP contribution < -0.4 is 4.90 Å². The minimum atomic E-state index is -0.627. The number of rotatable bonds is 2. The maximum absolute atomic E-state index is 14.7. The fourth-order valence-electron chi connectivity index (χ4n) is 3.54. The maximum Gasteiger partial charge on any atom is 0.137 e. The minimum absolute atomic E-state index is 0.208. The van der Waals surface area contributed by atoms with Crippen molar-refractivity contribution in [1.82, 2.24) is 4.98 Å². The van der Waals surface area contributed by atoms with E-state index >= 15 is 0 Å². The lowest BCUT2D eigenvalue weighted by molar-refractivity contribution is 0.0839. The van der Waals surface area contributed by atoms with Crippen LogP contribution in [0, 0.1) is 12.7 Å². The van der Waals surface area contributed by atoms with E-state index in [1.165, 1.54) is 0 Å². The Morgan fingerprint density at radius 3 is 2.52 bits per heavy atom. The number of para-hydroxylation sites is 1. The number of aliphatic hydroxyl groups is 1. The van der Waals surface area contributed by atoms with Gasteiger partial charge in [-0.05, 0) is 44.5 Å². The molecule has 4 rings (SSSR count). The van der Waals surface area contributed by atoms with E-state index in [-0.39, 0.29) is 5.82 Å². The van der Waals surface area contributed by atoms with Gasteiger partial charge in [0.2, 0.25) is 0 Å². The molecule has 1 fully saturated rings. The summed E-state index contributed by atoms with van der Waals surface area (Å²) in [6, 6.07) is 15.3. The molecule has 3 aromatic rings. The number of hydrogen-bond acceptors (Lipinski definition) is 3. The van der Waals surface area contributed by atoms with Gasteiger partial charge in [-0.15, -0.1) is 0 Å². The summed E-state index contributed by atoms with van der Waals surface area (Å²) in [6.07, 6.45) is 0.769. The molecule has 2 aromatic carbocycles. The SMILES string of the molecule is Cc1c(-c2ccc(N3CCC(C)(O)C3)cc2)nc2ccccc2c1F.